The van der Waals surface area contributed by atoms with E-state index in [0.29, 0.717) is 22.1 Å². The highest BCUT2D eigenvalue weighted by molar-refractivity contribution is 7.18. The third-order valence-electron chi connectivity index (χ3n) is 5.36. The molecule has 3 aromatic rings. The molecule has 11 nitrogen and oxygen atoms in total. The maximum Gasteiger partial charge on any atom is 0.381 e. The molecule has 3 aromatic heterocycles. The van der Waals surface area contributed by atoms with Crippen molar-refractivity contribution >= 4 is 39.7 Å². The highest BCUT2D eigenvalue weighted by Gasteiger charge is 2.28. The minimum atomic E-state index is -0.827. The Morgan fingerprint density at radius 2 is 2.21 bits per heavy atom. The van der Waals surface area contributed by atoms with Crippen LogP contribution in [0.4, 0.5) is 10.8 Å². The number of aliphatic hydroxyl groups is 1. The van der Waals surface area contributed by atoms with Crippen molar-refractivity contribution in [3.05, 3.63) is 39.5 Å². The average Bonchev–Trinajstić information content (AvgIpc) is 3.51. The number of carbonyl (C=O) groups excluding carboxylic acids is 1. The summed E-state index contributed by atoms with van der Waals surface area (Å²) < 4.78 is 17.5. The summed E-state index contributed by atoms with van der Waals surface area (Å²) in [6.45, 7) is 0.377. The SMILES string of the molecule is COCCOc1c(N[C@@H]2CCC[C@@H]2O)cc(C(=O)Nc2nnc(-c3c(Cl)ccn3C)s2)oc1=O. The number of amides is 1. The topological polar surface area (TPSA) is 141 Å². The number of nitrogens with one attached hydrogen (secondary N) is 2. The molecule has 3 N–H and O–H groups in total. The second-order valence-electron chi connectivity index (χ2n) is 7.72. The molecular weight excluding hydrogens is 486 g/mol. The number of rotatable bonds is 9. The Kier molecular flexibility index (Phi) is 7.51. The summed E-state index contributed by atoms with van der Waals surface area (Å²) in [6.07, 6.45) is 3.43. The fourth-order valence-electron chi connectivity index (χ4n) is 3.65. The Balaban J connectivity index is 1.57. The summed E-state index contributed by atoms with van der Waals surface area (Å²) in [5.74, 6) is -1.01. The van der Waals surface area contributed by atoms with Crippen LogP contribution in [0.1, 0.15) is 29.8 Å². The van der Waals surface area contributed by atoms with Crippen molar-refractivity contribution in [3.63, 3.8) is 0 Å². The minimum absolute atomic E-state index is 0.0794. The molecule has 1 amide bonds. The Labute approximate surface area is 203 Å². The van der Waals surface area contributed by atoms with Gasteiger partial charge in [0.2, 0.25) is 10.9 Å². The van der Waals surface area contributed by atoms with Crippen molar-refractivity contribution in [1.82, 2.24) is 14.8 Å². The van der Waals surface area contributed by atoms with Crippen LogP contribution < -0.4 is 21.0 Å². The standard InChI is InChI=1S/C21H24ClN5O6S/c1-27-7-6-11(22)16(27)19-25-26-21(34-19)24-18(29)15-10-13(23-12-4-3-5-14(12)28)17(20(30)33-15)32-9-8-31-2/h6-7,10,12,14,23,28H,3-5,8-9H2,1-2H3,(H,24,26,29)/t12-,14+/m1/s1. The summed E-state index contributed by atoms with van der Waals surface area (Å²) in [5, 5.41) is 25.2. The molecule has 1 aliphatic rings. The van der Waals surface area contributed by atoms with Crippen molar-refractivity contribution in [3.8, 4) is 16.5 Å². The summed E-state index contributed by atoms with van der Waals surface area (Å²) in [7, 11) is 3.33. The third-order valence-corrected chi connectivity index (χ3v) is 6.51. The van der Waals surface area contributed by atoms with Crippen molar-refractivity contribution in [2.24, 2.45) is 7.05 Å². The van der Waals surface area contributed by atoms with E-state index >= 15 is 0 Å². The van der Waals surface area contributed by atoms with Crippen LogP contribution in [0.3, 0.4) is 0 Å². The van der Waals surface area contributed by atoms with Gasteiger partial charge in [-0.2, -0.15) is 0 Å². The normalized spacial score (nSPS) is 17.6. The van der Waals surface area contributed by atoms with E-state index in [1.165, 1.54) is 13.2 Å². The highest BCUT2D eigenvalue weighted by atomic mass is 35.5. The predicted molar refractivity (Wildman–Crippen MR) is 127 cm³/mol. The van der Waals surface area contributed by atoms with Crippen LogP contribution in [0, 0.1) is 0 Å². The summed E-state index contributed by atoms with van der Waals surface area (Å²) in [5.41, 5.74) is 0.106. The summed E-state index contributed by atoms with van der Waals surface area (Å²) in [6, 6.07) is 2.83. The zero-order valence-corrected chi connectivity index (χ0v) is 20.1. The highest BCUT2D eigenvalue weighted by Crippen LogP contribution is 2.33. The molecule has 4 rings (SSSR count). The second-order valence-corrected chi connectivity index (χ2v) is 9.11. The van der Waals surface area contributed by atoms with Gasteiger partial charge in [-0.05, 0) is 25.3 Å². The first-order chi connectivity index (χ1) is 16.4. The number of hydrogen-bond acceptors (Lipinski definition) is 10. The van der Waals surface area contributed by atoms with Crippen LogP contribution in [0.25, 0.3) is 10.7 Å². The van der Waals surface area contributed by atoms with Crippen LogP contribution in [0.15, 0.2) is 27.5 Å². The maximum atomic E-state index is 12.8. The van der Waals surface area contributed by atoms with E-state index in [-0.39, 0.29) is 41.6 Å². The average molecular weight is 510 g/mol. The first kappa shape index (κ1) is 24.2. The van der Waals surface area contributed by atoms with Crippen molar-refractivity contribution in [2.75, 3.05) is 31.0 Å². The Bertz CT molecular complexity index is 1210. The van der Waals surface area contributed by atoms with Gasteiger partial charge >= 0.3 is 5.63 Å². The Morgan fingerprint density at radius 3 is 2.88 bits per heavy atom. The van der Waals surface area contributed by atoms with Crippen LogP contribution in [0.2, 0.25) is 5.02 Å². The molecule has 0 unspecified atom stereocenters. The fourth-order valence-corrected chi connectivity index (χ4v) is 4.83. The maximum absolute atomic E-state index is 12.8. The monoisotopic (exact) mass is 509 g/mol. The molecule has 1 fully saturated rings. The Hall–Kier alpha value is -2.93. The zero-order chi connectivity index (χ0) is 24.2. The number of aryl methyl sites for hydroxylation is 1. The number of ether oxygens (including phenoxy) is 2. The number of nitrogens with zero attached hydrogens (tertiary/aromatic N) is 3. The first-order valence-electron chi connectivity index (χ1n) is 10.6. The quantitative estimate of drug-likeness (QED) is 0.371. The van der Waals surface area contributed by atoms with Gasteiger partial charge in [-0.25, -0.2) is 4.79 Å². The van der Waals surface area contributed by atoms with Gasteiger partial charge in [-0.3, -0.25) is 10.1 Å². The number of aromatic nitrogens is 3. The van der Waals surface area contributed by atoms with E-state index in [9.17, 15) is 14.7 Å². The second kappa shape index (κ2) is 10.6. The van der Waals surface area contributed by atoms with E-state index in [4.69, 9.17) is 25.5 Å². The zero-order valence-electron chi connectivity index (χ0n) is 18.5. The minimum Gasteiger partial charge on any atom is -0.483 e. The van der Waals surface area contributed by atoms with E-state index in [1.54, 1.807) is 16.8 Å². The molecule has 34 heavy (non-hydrogen) atoms. The van der Waals surface area contributed by atoms with Gasteiger partial charge in [-0.1, -0.05) is 22.9 Å². The van der Waals surface area contributed by atoms with Gasteiger partial charge in [0.1, 0.15) is 6.61 Å². The van der Waals surface area contributed by atoms with E-state index < -0.39 is 17.6 Å². The molecular formula is C21H24ClN5O6S. The molecule has 182 valence electrons. The fraction of sp³-hybridized carbons (Fsp3) is 0.429. The van der Waals surface area contributed by atoms with Crippen LogP contribution in [-0.2, 0) is 11.8 Å². The van der Waals surface area contributed by atoms with Crippen molar-refractivity contribution in [2.45, 2.75) is 31.4 Å². The van der Waals surface area contributed by atoms with Gasteiger partial charge in [0.05, 0.1) is 35.2 Å². The van der Waals surface area contributed by atoms with E-state index in [1.807, 2.05) is 7.05 Å². The van der Waals surface area contributed by atoms with E-state index in [0.717, 1.165) is 24.2 Å². The van der Waals surface area contributed by atoms with Crippen molar-refractivity contribution in [1.29, 1.82) is 0 Å². The smallest absolute Gasteiger partial charge is 0.381 e. The number of methoxy groups -OCH3 is 1. The predicted octanol–water partition coefficient (Wildman–Crippen LogP) is 2.75. The lowest BCUT2D eigenvalue weighted by atomic mass is 10.2. The van der Waals surface area contributed by atoms with Crippen LogP contribution in [0.5, 0.6) is 5.75 Å². The van der Waals surface area contributed by atoms with E-state index in [2.05, 4.69) is 20.8 Å². The van der Waals surface area contributed by atoms with Crippen LogP contribution in [-0.4, -0.2) is 58.2 Å². The first-order valence-corrected chi connectivity index (χ1v) is 11.8. The Morgan fingerprint density at radius 1 is 1.38 bits per heavy atom. The molecule has 0 bridgehead atoms. The summed E-state index contributed by atoms with van der Waals surface area (Å²) in [4.78, 5) is 25.5. The largest absolute Gasteiger partial charge is 0.483 e. The molecule has 1 aliphatic carbocycles. The van der Waals surface area contributed by atoms with Gasteiger partial charge in [0.25, 0.3) is 5.91 Å². The van der Waals surface area contributed by atoms with Crippen LogP contribution >= 0.6 is 22.9 Å². The molecule has 13 heteroatoms. The number of anilines is 2. The van der Waals surface area contributed by atoms with Gasteiger partial charge < -0.3 is 28.9 Å². The lowest BCUT2D eigenvalue weighted by molar-refractivity contribution is 0.0990. The molecule has 0 radical (unpaired) electrons. The molecule has 2 atom stereocenters. The molecule has 3 heterocycles. The van der Waals surface area contributed by atoms with Crippen molar-refractivity contribution < 1.29 is 23.8 Å². The number of carbonyl (C=O) groups is 1. The lowest BCUT2D eigenvalue weighted by Gasteiger charge is -2.20. The van der Waals surface area contributed by atoms with Gasteiger partial charge in [0.15, 0.2) is 10.8 Å². The summed E-state index contributed by atoms with van der Waals surface area (Å²) >= 11 is 7.33. The number of aliphatic hydroxyl groups excluding tert-OH is 1. The van der Waals surface area contributed by atoms with Gasteiger partial charge in [-0.15, -0.1) is 10.2 Å². The lowest BCUT2D eigenvalue weighted by Crippen LogP contribution is -2.29. The third kappa shape index (κ3) is 5.25. The number of hydrogen-bond donors (Lipinski definition) is 3. The molecule has 0 aromatic carbocycles. The molecule has 0 saturated heterocycles. The molecule has 1 saturated carbocycles. The number of halogens is 1. The molecule has 0 aliphatic heterocycles. The molecule has 0 spiro atoms. The van der Waals surface area contributed by atoms with Gasteiger partial charge in [0, 0.05) is 26.4 Å².